The van der Waals surface area contributed by atoms with Crippen LogP contribution in [0, 0.1) is 5.92 Å². The van der Waals surface area contributed by atoms with Crippen LogP contribution in [-0.4, -0.2) is 66.2 Å². The lowest BCUT2D eigenvalue weighted by Gasteiger charge is -2.36. The molecule has 0 bridgehead atoms. The third-order valence-electron chi connectivity index (χ3n) is 5.90. The van der Waals surface area contributed by atoms with Crippen molar-refractivity contribution in [3.8, 4) is 5.75 Å². The van der Waals surface area contributed by atoms with Gasteiger partial charge in [-0.15, -0.1) is 0 Å². The van der Waals surface area contributed by atoms with Crippen molar-refractivity contribution in [2.45, 2.75) is 49.6 Å². The maximum atomic E-state index is 13.3. The molecule has 0 spiro atoms. The monoisotopic (exact) mass is 515 g/mol. The number of nitrogens with zero attached hydrogens (tertiary/aromatic N) is 2. The third kappa shape index (κ3) is 5.55. The van der Waals surface area contributed by atoms with Gasteiger partial charge in [0.25, 0.3) is 5.91 Å². The molecule has 1 amide bonds. The fraction of sp³-hybridized carbons (Fsp3) is 0.682. The van der Waals surface area contributed by atoms with Gasteiger partial charge in [0.05, 0.1) is 17.8 Å². The summed E-state index contributed by atoms with van der Waals surface area (Å²) in [5.41, 5.74) is 9.13. The Hall–Kier alpha value is -1.06. The molecule has 3 N–H and O–H groups in total. The van der Waals surface area contributed by atoms with Crippen molar-refractivity contribution in [1.82, 2.24) is 9.80 Å². The van der Waals surface area contributed by atoms with Gasteiger partial charge in [-0.05, 0) is 70.2 Å². The quantitative estimate of drug-likeness (QED) is 0.346. The van der Waals surface area contributed by atoms with Crippen molar-refractivity contribution in [2.75, 3.05) is 45.6 Å². The lowest BCUT2D eigenvalue weighted by molar-refractivity contribution is 0.0224. The van der Waals surface area contributed by atoms with Gasteiger partial charge in [0.15, 0.2) is 0 Å². The molecular formula is C22H34IN3O3. The van der Waals surface area contributed by atoms with E-state index in [-0.39, 0.29) is 5.91 Å². The summed E-state index contributed by atoms with van der Waals surface area (Å²) >= 11 is 2.30. The molecule has 2 aliphatic rings. The number of hydrogen-bond donors (Lipinski definition) is 2. The first-order valence-corrected chi connectivity index (χ1v) is 12.1. The van der Waals surface area contributed by atoms with E-state index in [4.69, 9.17) is 10.5 Å². The van der Waals surface area contributed by atoms with E-state index in [0.717, 1.165) is 66.6 Å². The van der Waals surface area contributed by atoms with Crippen LogP contribution in [0.25, 0.3) is 0 Å². The normalized spacial score (nSPS) is 18.2. The van der Waals surface area contributed by atoms with E-state index in [9.17, 15) is 9.90 Å². The summed E-state index contributed by atoms with van der Waals surface area (Å²) in [6.45, 7) is 7.72. The fourth-order valence-electron chi connectivity index (χ4n) is 4.45. The maximum Gasteiger partial charge on any atom is 0.257 e. The number of hydrogen-bond acceptors (Lipinski definition) is 5. The van der Waals surface area contributed by atoms with Crippen molar-refractivity contribution in [1.29, 1.82) is 0 Å². The van der Waals surface area contributed by atoms with E-state index in [1.165, 1.54) is 0 Å². The number of nitrogens with two attached hydrogens (primary N) is 1. The second-order valence-electron chi connectivity index (χ2n) is 9.11. The number of β-amino-alcohol motifs (C(OH)–C–C–N with tert-alkyl or cyclic N) is 1. The minimum Gasteiger partial charge on any atom is -0.492 e. The zero-order valence-corrected chi connectivity index (χ0v) is 20.0. The van der Waals surface area contributed by atoms with Gasteiger partial charge in [-0.25, -0.2) is 0 Å². The predicted octanol–water partition coefficient (Wildman–Crippen LogP) is 3.08. The number of aliphatic hydroxyl groups is 1. The van der Waals surface area contributed by atoms with Crippen molar-refractivity contribution in [3.63, 3.8) is 0 Å². The number of piperidine rings is 1. The first-order valence-electron chi connectivity index (χ1n) is 10.5. The molecule has 0 radical (unpaired) electrons. The molecule has 0 aromatic heterocycles. The van der Waals surface area contributed by atoms with Gasteiger partial charge in [0.1, 0.15) is 5.75 Å². The highest BCUT2D eigenvalue weighted by Gasteiger charge is 2.29. The molecule has 1 aromatic rings. The Morgan fingerprint density at radius 1 is 1.41 bits per heavy atom. The van der Waals surface area contributed by atoms with Gasteiger partial charge < -0.3 is 25.4 Å². The van der Waals surface area contributed by atoms with E-state index >= 15 is 0 Å². The van der Waals surface area contributed by atoms with Gasteiger partial charge in [-0.3, -0.25) is 4.79 Å². The molecule has 6 nitrogen and oxygen atoms in total. The van der Waals surface area contributed by atoms with Crippen LogP contribution < -0.4 is 10.5 Å². The molecule has 0 aliphatic carbocycles. The van der Waals surface area contributed by atoms with E-state index in [0.29, 0.717) is 30.4 Å². The van der Waals surface area contributed by atoms with Gasteiger partial charge >= 0.3 is 0 Å². The number of carbonyl (C=O) groups is 1. The van der Waals surface area contributed by atoms with E-state index < -0.39 is 5.60 Å². The largest absolute Gasteiger partial charge is 0.492 e. The molecule has 2 heterocycles. The van der Waals surface area contributed by atoms with Crippen LogP contribution in [0.1, 0.15) is 54.6 Å². The lowest BCUT2D eigenvalue weighted by atomic mass is 9.94. The number of halogens is 1. The fourth-order valence-corrected chi connectivity index (χ4v) is 5.08. The first kappa shape index (κ1) is 22.6. The van der Waals surface area contributed by atoms with Crippen LogP contribution in [-0.2, 0) is 10.8 Å². The number of carbonyl (C=O) groups excluding carboxylic acids is 1. The van der Waals surface area contributed by atoms with E-state index in [2.05, 4.69) is 27.5 Å². The number of likely N-dealkylation sites (tertiary alicyclic amines) is 1. The Balaban J connectivity index is 1.67. The number of fused-ring (bicyclic) bond motifs is 1. The summed E-state index contributed by atoms with van der Waals surface area (Å²) in [7, 11) is 1.89. The molecule has 29 heavy (non-hydrogen) atoms. The molecule has 162 valence electrons. The van der Waals surface area contributed by atoms with Crippen molar-refractivity contribution >= 4 is 34.2 Å². The average Bonchev–Trinajstić information content (AvgIpc) is 2.68. The predicted molar refractivity (Wildman–Crippen MR) is 125 cm³/mol. The summed E-state index contributed by atoms with van der Waals surface area (Å²) in [4.78, 5) is 17.4. The Bertz CT molecular complexity index is 740. The summed E-state index contributed by atoms with van der Waals surface area (Å²) in [5.74, 6) is 1.20. The molecule has 0 saturated carbocycles. The summed E-state index contributed by atoms with van der Waals surface area (Å²) in [5, 5.41) is 10.0. The second-order valence-corrected chi connectivity index (χ2v) is 9.87. The number of anilines is 1. The highest BCUT2D eigenvalue weighted by Crippen LogP contribution is 2.37. The Kier molecular flexibility index (Phi) is 7.32. The minimum atomic E-state index is -0.662. The van der Waals surface area contributed by atoms with Crippen LogP contribution in [0.2, 0.25) is 0 Å². The standard InChI is InChI=1S/C22H34IN3O3/c1-22(2,28)14-26-8-6-15(7-9-26)13-25(3)21(27)18-11-16(12-23)19(24)17-5-4-10-29-20(17)18/h11,15,28H,4-10,12-14,24H2,1-3H3. The molecule has 1 saturated heterocycles. The Morgan fingerprint density at radius 2 is 2.10 bits per heavy atom. The van der Waals surface area contributed by atoms with Gasteiger partial charge in [-0.1, -0.05) is 22.6 Å². The highest BCUT2D eigenvalue weighted by atomic mass is 127. The average molecular weight is 515 g/mol. The molecule has 0 unspecified atom stereocenters. The second kappa shape index (κ2) is 9.39. The van der Waals surface area contributed by atoms with Crippen LogP contribution >= 0.6 is 22.6 Å². The summed E-state index contributed by atoms with van der Waals surface area (Å²) in [6, 6.07) is 1.93. The Labute approximate surface area is 187 Å². The first-order chi connectivity index (χ1) is 13.7. The lowest BCUT2D eigenvalue weighted by Crippen LogP contribution is -2.44. The zero-order valence-electron chi connectivity index (χ0n) is 17.8. The van der Waals surface area contributed by atoms with Gasteiger partial charge in [-0.2, -0.15) is 0 Å². The van der Waals surface area contributed by atoms with Crippen LogP contribution in [0.5, 0.6) is 5.75 Å². The van der Waals surface area contributed by atoms with Crippen LogP contribution in [0.4, 0.5) is 5.69 Å². The topological polar surface area (TPSA) is 79.0 Å². The highest BCUT2D eigenvalue weighted by molar-refractivity contribution is 14.1. The van der Waals surface area contributed by atoms with Crippen molar-refractivity contribution in [3.05, 3.63) is 22.8 Å². The molecule has 1 aromatic carbocycles. The summed E-state index contributed by atoms with van der Waals surface area (Å²) in [6.07, 6.45) is 3.90. The molecule has 1 fully saturated rings. The molecule has 2 aliphatic heterocycles. The minimum absolute atomic E-state index is 0.0215. The maximum absolute atomic E-state index is 13.3. The van der Waals surface area contributed by atoms with Gasteiger partial charge in [0.2, 0.25) is 0 Å². The van der Waals surface area contributed by atoms with E-state index in [1.807, 2.05) is 31.9 Å². The number of benzene rings is 1. The van der Waals surface area contributed by atoms with Crippen LogP contribution in [0.3, 0.4) is 0 Å². The molecule has 3 rings (SSSR count). The zero-order chi connectivity index (χ0) is 21.2. The summed E-state index contributed by atoms with van der Waals surface area (Å²) < 4.78 is 6.67. The third-order valence-corrected chi connectivity index (χ3v) is 6.72. The number of nitrogen functional groups attached to an aromatic ring is 1. The van der Waals surface area contributed by atoms with Crippen molar-refractivity contribution in [2.24, 2.45) is 5.92 Å². The number of amides is 1. The Morgan fingerprint density at radius 3 is 2.72 bits per heavy atom. The smallest absolute Gasteiger partial charge is 0.257 e. The molecule has 0 atom stereocenters. The van der Waals surface area contributed by atoms with Crippen molar-refractivity contribution < 1.29 is 14.6 Å². The number of alkyl halides is 1. The molecule has 7 heteroatoms. The van der Waals surface area contributed by atoms with Gasteiger partial charge in [0, 0.05) is 35.8 Å². The molecular weight excluding hydrogens is 481 g/mol. The SMILES string of the molecule is CN(CC1CCN(CC(C)(C)O)CC1)C(=O)c1cc(CI)c(N)c2c1OCCC2. The number of rotatable bonds is 6. The van der Waals surface area contributed by atoms with Crippen LogP contribution in [0.15, 0.2) is 6.07 Å². The number of ether oxygens (including phenoxy) is 1. The van der Waals surface area contributed by atoms with E-state index in [1.54, 1.807) is 0 Å².